The largest absolute Gasteiger partial charge is 0.450 e. The predicted octanol–water partition coefficient (Wildman–Crippen LogP) is 2.90. The minimum atomic E-state index is -1.53. The fourth-order valence-electron chi connectivity index (χ4n) is 4.81. The van der Waals surface area contributed by atoms with E-state index in [2.05, 4.69) is 0 Å². The molecule has 1 unspecified atom stereocenters. The van der Waals surface area contributed by atoms with Gasteiger partial charge in [0.1, 0.15) is 5.58 Å². The highest BCUT2D eigenvalue weighted by atomic mass is 16.5. The van der Waals surface area contributed by atoms with Crippen molar-refractivity contribution in [2.75, 3.05) is 31.7 Å². The first kappa shape index (κ1) is 19.5. The molecule has 0 radical (unpaired) electrons. The van der Waals surface area contributed by atoms with Crippen LogP contribution in [0.2, 0.25) is 0 Å². The topological polar surface area (TPSA) is 80.1 Å². The van der Waals surface area contributed by atoms with Crippen LogP contribution in [0.3, 0.4) is 0 Å². The van der Waals surface area contributed by atoms with Crippen LogP contribution in [-0.2, 0) is 15.1 Å². The Hall–Kier alpha value is -3.45. The second kappa shape index (κ2) is 7.06. The zero-order valence-corrected chi connectivity index (χ0v) is 17.4. The number of rotatable bonds is 5. The lowest BCUT2D eigenvalue weighted by molar-refractivity contribution is -0.125. The second-order valence-electron chi connectivity index (χ2n) is 7.73. The molecule has 7 heteroatoms. The van der Waals surface area contributed by atoms with E-state index in [4.69, 9.17) is 9.15 Å². The number of hydrogen-bond donors (Lipinski definition) is 0. The molecule has 0 aliphatic carbocycles. The third-order valence-corrected chi connectivity index (χ3v) is 6.15. The maximum Gasteiger partial charge on any atom is 0.291 e. The van der Waals surface area contributed by atoms with E-state index in [1.165, 1.54) is 9.80 Å². The monoisotopic (exact) mass is 418 g/mol. The van der Waals surface area contributed by atoms with Crippen molar-refractivity contribution < 1.29 is 18.7 Å². The number of ether oxygens (including phenoxy) is 1. The molecule has 0 bridgehead atoms. The Morgan fingerprint density at radius 1 is 1.03 bits per heavy atom. The van der Waals surface area contributed by atoms with Crippen molar-refractivity contribution in [3.63, 3.8) is 0 Å². The van der Waals surface area contributed by atoms with Gasteiger partial charge in [-0.1, -0.05) is 30.3 Å². The maximum absolute atomic E-state index is 13.8. The lowest BCUT2D eigenvalue weighted by atomic mass is 9.84. The molecular formula is C24H22N2O5. The molecule has 0 saturated carbocycles. The number of hydrogen-bond acceptors (Lipinski definition) is 5. The molecule has 2 aliphatic rings. The highest BCUT2D eigenvalue weighted by Gasteiger charge is 2.64. The van der Waals surface area contributed by atoms with Crippen molar-refractivity contribution in [1.82, 2.24) is 4.90 Å². The summed E-state index contributed by atoms with van der Waals surface area (Å²) in [4.78, 5) is 44.0. The first-order chi connectivity index (χ1) is 15.0. The van der Waals surface area contributed by atoms with Crippen molar-refractivity contribution in [3.05, 3.63) is 75.6 Å². The Balaban J connectivity index is 1.81. The van der Waals surface area contributed by atoms with Gasteiger partial charge in [0.05, 0.1) is 10.9 Å². The van der Waals surface area contributed by atoms with E-state index in [-0.39, 0.29) is 29.2 Å². The van der Waals surface area contributed by atoms with Crippen LogP contribution in [0, 0.1) is 0 Å². The van der Waals surface area contributed by atoms with Crippen molar-refractivity contribution >= 4 is 28.5 Å². The molecule has 0 fully saturated rings. The SMILES string of the molecule is CCOCCCN1C(=O)c2oc3ccccc3c(=O)c2C12C(=O)N(C)c1ccccc12. The molecule has 0 saturated heterocycles. The molecule has 1 atom stereocenters. The lowest BCUT2D eigenvalue weighted by Gasteiger charge is -2.34. The Morgan fingerprint density at radius 3 is 2.58 bits per heavy atom. The summed E-state index contributed by atoms with van der Waals surface area (Å²) in [5.74, 6) is -0.842. The first-order valence-corrected chi connectivity index (χ1v) is 10.4. The lowest BCUT2D eigenvalue weighted by Crippen LogP contribution is -2.53. The third-order valence-electron chi connectivity index (χ3n) is 6.15. The second-order valence-corrected chi connectivity index (χ2v) is 7.73. The number of amides is 2. The van der Waals surface area contributed by atoms with Crippen molar-refractivity contribution in [2.45, 2.75) is 18.9 Å². The van der Waals surface area contributed by atoms with E-state index >= 15 is 0 Å². The standard InChI is InChI=1S/C24H22N2O5/c1-3-30-14-8-13-26-22(28)21-19(20(27)15-9-4-7-12-18(15)31-21)24(26)16-10-5-6-11-17(16)25(2)23(24)29/h4-7,9-12H,3,8,13-14H2,1-2H3. The molecule has 158 valence electrons. The summed E-state index contributed by atoms with van der Waals surface area (Å²) in [6.45, 7) is 3.17. The molecule has 31 heavy (non-hydrogen) atoms. The van der Waals surface area contributed by atoms with E-state index in [0.717, 1.165) is 0 Å². The van der Waals surface area contributed by atoms with Gasteiger partial charge in [0.2, 0.25) is 5.76 Å². The van der Waals surface area contributed by atoms with Gasteiger partial charge in [-0.2, -0.15) is 0 Å². The number of fused-ring (bicyclic) bond motifs is 5. The number of nitrogens with zero attached hydrogens (tertiary/aromatic N) is 2. The van der Waals surface area contributed by atoms with E-state index in [0.29, 0.717) is 41.9 Å². The number of carbonyl (C=O) groups excluding carboxylic acids is 2. The molecule has 7 nitrogen and oxygen atoms in total. The van der Waals surface area contributed by atoms with Gasteiger partial charge in [-0.15, -0.1) is 0 Å². The van der Waals surface area contributed by atoms with Gasteiger partial charge in [-0.25, -0.2) is 0 Å². The highest BCUT2D eigenvalue weighted by molar-refractivity contribution is 6.16. The van der Waals surface area contributed by atoms with Crippen molar-refractivity contribution in [3.8, 4) is 0 Å². The van der Waals surface area contributed by atoms with Crippen molar-refractivity contribution in [1.29, 1.82) is 0 Å². The van der Waals surface area contributed by atoms with Crippen LogP contribution in [-0.4, -0.2) is 43.5 Å². The van der Waals surface area contributed by atoms with Crippen LogP contribution < -0.4 is 10.3 Å². The molecule has 2 amide bonds. The van der Waals surface area contributed by atoms with Gasteiger partial charge < -0.3 is 19.0 Å². The van der Waals surface area contributed by atoms with Gasteiger partial charge >= 0.3 is 0 Å². The molecular weight excluding hydrogens is 396 g/mol. The number of benzene rings is 2. The average Bonchev–Trinajstić information content (AvgIpc) is 3.17. The van der Waals surface area contributed by atoms with E-state index in [1.54, 1.807) is 31.3 Å². The molecule has 2 aromatic carbocycles. The van der Waals surface area contributed by atoms with Crippen LogP contribution in [0.25, 0.3) is 11.0 Å². The zero-order valence-electron chi connectivity index (χ0n) is 17.4. The fourth-order valence-corrected chi connectivity index (χ4v) is 4.81. The molecule has 3 aromatic rings. The molecule has 2 aliphatic heterocycles. The maximum atomic E-state index is 13.8. The van der Waals surface area contributed by atoms with E-state index < -0.39 is 11.4 Å². The minimum Gasteiger partial charge on any atom is -0.450 e. The molecule has 1 spiro atoms. The average molecular weight is 418 g/mol. The van der Waals surface area contributed by atoms with Crippen LogP contribution >= 0.6 is 0 Å². The molecule has 5 rings (SSSR count). The van der Waals surface area contributed by atoms with Gasteiger partial charge in [-0.05, 0) is 31.5 Å². The summed E-state index contributed by atoms with van der Waals surface area (Å²) in [6.07, 6.45) is 0.530. The molecule has 0 N–H and O–H groups in total. The van der Waals surface area contributed by atoms with Crippen LogP contribution in [0.4, 0.5) is 5.69 Å². The predicted molar refractivity (Wildman–Crippen MR) is 115 cm³/mol. The van der Waals surface area contributed by atoms with Crippen molar-refractivity contribution in [2.24, 2.45) is 0 Å². The zero-order chi connectivity index (χ0) is 21.8. The van der Waals surface area contributed by atoms with E-state index in [9.17, 15) is 14.4 Å². The summed E-state index contributed by atoms with van der Waals surface area (Å²) in [5, 5.41) is 0.351. The van der Waals surface area contributed by atoms with E-state index in [1.807, 2.05) is 31.2 Å². The normalized spacial score (nSPS) is 19.5. The summed E-state index contributed by atoms with van der Waals surface area (Å²) in [7, 11) is 1.67. The van der Waals surface area contributed by atoms with Gasteiger partial charge in [0.25, 0.3) is 11.8 Å². The summed E-state index contributed by atoms with van der Waals surface area (Å²) in [5.41, 5.74) is -0.151. The molecule has 3 heterocycles. The van der Waals surface area contributed by atoms with Gasteiger partial charge in [0.15, 0.2) is 11.0 Å². The highest BCUT2D eigenvalue weighted by Crippen LogP contribution is 2.52. The number of para-hydroxylation sites is 2. The van der Waals surface area contributed by atoms with Gasteiger partial charge in [-0.3, -0.25) is 14.4 Å². The summed E-state index contributed by atoms with van der Waals surface area (Å²) in [6, 6.07) is 14.1. The first-order valence-electron chi connectivity index (χ1n) is 10.4. The van der Waals surface area contributed by atoms with Crippen LogP contribution in [0.5, 0.6) is 0 Å². The third kappa shape index (κ3) is 2.47. The smallest absolute Gasteiger partial charge is 0.291 e. The Labute approximate surface area is 178 Å². The molecule has 1 aromatic heterocycles. The summed E-state index contributed by atoms with van der Waals surface area (Å²) < 4.78 is 11.4. The minimum absolute atomic E-state index is 0.0569. The quantitative estimate of drug-likeness (QED) is 0.596. The van der Waals surface area contributed by atoms with Crippen LogP contribution in [0.1, 0.15) is 35.0 Å². The van der Waals surface area contributed by atoms with Crippen LogP contribution in [0.15, 0.2) is 57.7 Å². The number of anilines is 1. The Morgan fingerprint density at radius 2 is 1.77 bits per heavy atom. The number of carbonyl (C=O) groups is 2. The van der Waals surface area contributed by atoms with Gasteiger partial charge in [0, 0.05) is 38.1 Å². The number of likely N-dealkylation sites (N-methyl/N-ethyl adjacent to an activating group) is 1. The Kier molecular flexibility index (Phi) is 4.44. The summed E-state index contributed by atoms with van der Waals surface area (Å²) >= 11 is 0. The Bertz CT molecular complexity index is 1280. The fraction of sp³-hybridized carbons (Fsp3) is 0.292.